The van der Waals surface area contributed by atoms with Crippen LogP contribution in [-0.4, -0.2) is 25.2 Å². The molecule has 18 heavy (non-hydrogen) atoms. The summed E-state index contributed by atoms with van der Waals surface area (Å²) in [5, 5.41) is 3.65. The smallest absolute Gasteiger partial charge is 0.0397 e. The molecule has 0 saturated carbocycles. The Bertz CT molecular complexity index is 429. The van der Waals surface area contributed by atoms with Crippen molar-refractivity contribution in [3.05, 3.63) is 28.2 Å². The predicted octanol–water partition coefficient (Wildman–Crippen LogP) is 3.58. The Hall–Kier alpha value is -0.540. The van der Waals surface area contributed by atoms with Crippen LogP contribution >= 0.6 is 15.9 Å². The third kappa shape index (κ3) is 3.27. The topological polar surface area (TPSA) is 15.3 Å². The summed E-state index contributed by atoms with van der Waals surface area (Å²) >= 11 is 3.54. The van der Waals surface area contributed by atoms with Crippen LogP contribution in [0.25, 0.3) is 0 Å². The Labute approximate surface area is 119 Å². The van der Waals surface area contributed by atoms with Crippen molar-refractivity contribution < 1.29 is 0 Å². The van der Waals surface area contributed by atoms with Crippen LogP contribution in [0, 0.1) is 12.8 Å². The number of rotatable bonds is 1. The lowest BCUT2D eigenvalue weighted by atomic mass is 10.0. The molecule has 0 aliphatic carbocycles. The lowest BCUT2D eigenvalue weighted by Gasteiger charge is -2.32. The average molecular weight is 311 g/mol. The maximum Gasteiger partial charge on any atom is 0.0397 e. The first-order chi connectivity index (χ1) is 8.37. The minimum atomic E-state index is 0.171. The predicted molar refractivity (Wildman–Crippen MR) is 82.3 cm³/mol. The molecule has 0 spiro atoms. The number of nitrogens with one attached hydrogen (secondary N) is 1. The third-order valence-electron chi connectivity index (χ3n) is 3.55. The van der Waals surface area contributed by atoms with Crippen LogP contribution < -0.4 is 10.2 Å². The highest BCUT2D eigenvalue weighted by atomic mass is 79.9. The first kappa shape index (κ1) is 13.9. The van der Waals surface area contributed by atoms with Gasteiger partial charge in [-0.3, -0.25) is 0 Å². The minimum Gasteiger partial charge on any atom is -0.369 e. The Morgan fingerprint density at radius 1 is 1.39 bits per heavy atom. The maximum atomic E-state index is 3.65. The molecule has 2 nitrogen and oxygen atoms in total. The summed E-state index contributed by atoms with van der Waals surface area (Å²) in [4.78, 5) is 2.52. The number of anilines is 1. The van der Waals surface area contributed by atoms with Gasteiger partial charge in [0.1, 0.15) is 0 Å². The summed E-state index contributed by atoms with van der Waals surface area (Å²) in [6.07, 6.45) is 0. The molecule has 3 heteroatoms. The monoisotopic (exact) mass is 310 g/mol. The zero-order valence-electron chi connectivity index (χ0n) is 11.8. The first-order valence-corrected chi connectivity index (χ1v) is 7.43. The van der Waals surface area contributed by atoms with Gasteiger partial charge in [0.05, 0.1) is 0 Å². The van der Waals surface area contributed by atoms with Crippen molar-refractivity contribution in [1.82, 2.24) is 5.32 Å². The van der Waals surface area contributed by atoms with Gasteiger partial charge in [0.15, 0.2) is 0 Å². The molecule has 1 heterocycles. The fourth-order valence-electron chi connectivity index (χ4n) is 2.65. The largest absolute Gasteiger partial charge is 0.369 e. The molecule has 0 amide bonds. The highest BCUT2D eigenvalue weighted by molar-refractivity contribution is 9.10. The van der Waals surface area contributed by atoms with E-state index in [1.807, 2.05) is 0 Å². The molecule has 0 bridgehead atoms. The van der Waals surface area contributed by atoms with Crippen LogP contribution in [0.3, 0.4) is 0 Å². The number of halogens is 1. The summed E-state index contributed by atoms with van der Waals surface area (Å²) < 4.78 is 1.16. The van der Waals surface area contributed by atoms with E-state index in [1.165, 1.54) is 11.3 Å². The molecule has 0 radical (unpaired) electrons. The molecule has 100 valence electrons. The number of benzene rings is 1. The van der Waals surface area contributed by atoms with Crippen molar-refractivity contribution >= 4 is 21.6 Å². The first-order valence-electron chi connectivity index (χ1n) is 6.63. The number of nitrogens with zero attached hydrogens (tertiary/aromatic N) is 1. The van der Waals surface area contributed by atoms with Gasteiger partial charge in [-0.25, -0.2) is 0 Å². The minimum absolute atomic E-state index is 0.171. The van der Waals surface area contributed by atoms with Crippen LogP contribution in [0.4, 0.5) is 5.69 Å². The molecule has 2 rings (SSSR count). The molecular formula is C15H23BrN2. The molecule has 1 atom stereocenters. The summed E-state index contributed by atoms with van der Waals surface area (Å²) in [5.74, 6) is 0.676. The van der Waals surface area contributed by atoms with E-state index in [4.69, 9.17) is 0 Å². The molecule has 0 aromatic heterocycles. The molecule has 1 aromatic rings. The van der Waals surface area contributed by atoms with Gasteiger partial charge in [-0.2, -0.15) is 0 Å². The molecule has 1 aliphatic heterocycles. The van der Waals surface area contributed by atoms with E-state index in [0.717, 1.165) is 24.1 Å². The van der Waals surface area contributed by atoms with Crippen LogP contribution in [0.1, 0.15) is 26.3 Å². The second-order valence-corrected chi connectivity index (χ2v) is 7.10. The standard InChI is InChI=1S/C15H23BrN2/c1-11-8-17-15(3,4)10-18(9-11)14-6-5-13(16)7-12(14)2/h5-7,11,17H,8-10H2,1-4H3. The Morgan fingerprint density at radius 3 is 2.78 bits per heavy atom. The maximum absolute atomic E-state index is 3.65. The fourth-order valence-corrected chi connectivity index (χ4v) is 3.12. The SMILES string of the molecule is Cc1cc(Br)ccc1N1CC(C)CNC(C)(C)C1. The molecule has 1 aliphatic rings. The van der Waals surface area contributed by atoms with E-state index in [2.05, 4.69) is 72.0 Å². The van der Waals surface area contributed by atoms with Crippen molar-refractivity contribution in [2.24, 2.45) is 5.92 Å². The lowest BCUT2D eigenvalue weighted by Crippen LogP contribution is -2.46. The highest BCUT2D eigenvalue weighted by Crippen LogP contribution is 2.27. The summed E-state index contributed by atoms with van der Waals surface area (Å²) in [6.45, 7) is 12.3. The van der Waals surface area contributed by atoms with Gasteiger partial charge in [0, 0.05) is 28.8 Å². The summed E-state index contributed by atoms with van der Waals surface area (Å²) in [6, 6.07) is 6.57. The van der Waals surface area contributed by atoms with E-state index in [0.29, 0.717) is 5.92 Å². The lowest BCUT2D eigenvalue weighted by molar-refractivity contribution is 0.402. The second kappa shape index (κ2) is 5.22. The van der Waals surface area contributed by atoms with Crippen molar-refractivity contribution in [3.8, 4) is 0 Å². The summed E-state index contributed by atoms with van der Waals surface area (Å²) in [7, 11) is 0. The van der Waals surface area contributed by atoms with Crippen LogP contribution in [0.5, 0.6) is 0 Å². The van der Waals surface area contributed by atoms with Gasteiger partial charge in [0.25, 0.3) is 0 Å². The second-order valence-electron chi connectivity index (χ2n) is 6.18. The van der Waals surface area contributed by atoms with Gasteiger partial charge in [0.2, 0.25) is 0 Å². The Morgan fingerprint density at radius 2 is 2.11 bits per heavy atom. The molecule has 1 saturated heterocycles. The third-order valence-corrected chi connectivity index (χ3v) is 4.04. The van der Waals surface area contributed by atoms with Gasteiger partial charge in [-0.1, -0.05) is 22.9 Å². The van der Waals surface area contributed by atoms with Crippen molar-refractivity contribution in [1.29, 1.82) is 0 Å². The Kier molecular flexibility index (Phi) is 4.02. The van der Waals surface area contributed by atoms with Crippen LogP contribution in [0.2, 0.25) is 0 Å². The molecule has 1 unspecified atom stereocenters. The van der Waals surface area contributed by atoms with E-state index >= 15 is 0 Å². The van der Waals surface area contributed by atoms with Crippen molar-refractivity contribution in [2.45, 2.75) is 33.2 Å². The number of aryl methyl sites for hydroxylation is 1. The van der Waals surface area contributed by atoms with Crippen molar-refractivity contribution in [3.63, 3.8) is 0 Å². The summed E-state index contributed by atoms with van der Waals surface area (Å²) in [5.41, 5.74) is 2.88. The average Bonchev–Trinajstić information content (AvgIpc) is 2.37. The molecule has 1 aromatic carbocycles. The van der Waals surface area contributed by atoms with E-state index < -0.39 is 0 Å². The van der Waals surface area contributed by atoms with E-state index in [1.54, 1.807) is 0 Å². The highest BCUT2D eigenvalue weighted by Gasteiger charge is 2.27. The zero-order valence-corrected chi connectivity index (χ0v) is 13.3. The Balaban J connectivity index is 2.29. The van der Waals surface area contributed by atoms with Crippen LogP contribution in [-0.2, 0) is 0 Å². The van der Waals surface area contributed by atoms with Crippen LogP contribution in [0.15, 0.2) is 22.7 Å². The van der Waals surface area contributed by atoms with Crippen molar-refractivity contribution in [2.75, 3.05) is 24.5 Å². The van der Waals surface area contributed by atoms with Gasteiger partial charge in [-0.15, -0.1) is 0 Å². The van der Waals surface area contributed by atoms with E-state index in [-0.39, 0.29) is 5.54 Å². The number of hydrogen-bond acceptors (Lipinski definition) is 2. The molecular weight excluding hydrogens is 288 g/mol. The molecule has 1 fully saturated rings. The fraction of sp³-hybridized carbons (Fsp3) is 0.600. The quantitative estimate of drug-likeness (QED) is 0.853. The zero-order chi connectivity index (χ0) is 13.3. The number of hydrogen-bond donors (Lipinski definition) is 1. The van der Waals surface area contributed by atoms with Gasteiger partial charge in [-0.05, 0) is 57.0 Å². The van der Waals surface area contributed by atoms with Gasteiger partial charge >= 0.3 is 0 Å². The normalized spacial score (nSPS) is 23.8. The molecule has 1 N–H and O–H groups in total. The van der Waals surface area contributed by atoms with E-state index in [9.17, 15) is 0 Å². The van der Waals surface area contributed by atoms with Gasteiger partial charge < -0.3 is 10.2 Å².